The lowest BCUT2D eigenvalue weighted by molar-refractivity contribution is -0.154. The fraction of sp³-hybridized carbons (Fsp3) is 0.375. The van der Waals surface area contributed by atoms with Gasteiger partial charge in [-0.1, -0.05) is 41.9 Å². The summed E-state index contributed by atoms with van der Waals surface area (Å²) in [5, 5.41) is 2.81. The Bertz CT molecular complexity index is 581. The SMILES string of the molecule is C/C(=C/Cl)CN1C(=O)C(c2ccccc2)NC(=O)C1(C)C. The van der Waals surface area contributed by atoms with E-state index in [2.05, 4.69) is 5.32 Å². The van der Waals surface area contributed by atoms with Gasteiger partial charge < -0.3 is 10.2 Å². The minimum Gasteiger partial charge on any atom is -0.338 e. The van der Waals surface area contributed by atoms with Gasteiger partial charge in [0.15, 0.2) is 0 Å². The Labute approximate surface area is 129 Å². The van der Waals surface area contributed by atoms with Crippen molar-refractivity contribution in [2.75, 3.05) is 6.54 Å². The number of hydrogen-bond acceptors (Lipinski definition) is 2. The molecule has 2 rings (SSSR count). The quantitative estimate of drug-likeness (QED) is 0.933. The van der Waals surface area contributed by atoms with Crippen LogP contribution in [0.3, 0.4) is 0 Å². The van der Waals surface area contributed by atoms with E-state index in [0.29, 0.717) is 6.54 Å². The van der Waals surface area contributed by atoms with Crippen LogP contribution in [-0.4, -0.2) is 28.8 Å². The molecule has 1 aromatic rings. The third-order valence-electron chi connectivity index (χ3n) is 3.75. The van der Waals surface area contributed by atoms with E-state index in [0.717, 1.165) is 11.1 Å². The van der Waals surface area contributed by atoms with Crippen LogP contribution < -0.4 is 5.32 Å². The van der Waals surface area contributed by atoms with Gasteiger partial charge in [0, 0.05) is 12.1 Å². The monoisotopic (exact) mass is 306 g/mol. The van der Waals surface area contributed by atoms with Crippen molar-refractivity contribution in [1.29, 1.82) is 0 Å². The number of carbonyl (C=O) groups excluding carboxylic acids is 2. The number of rotatable bonds is 3. The van der Waals surface area contributed by atoms with Gasteiger partial charge in [-0.2, -0.15) is 0 Å². The molecule has 0 spiro atoms. The Kier molecular flexibility index (Phi) is 4.37. The first-order valence-electron chi connectivity index (χ1n) is 6.81. The molecule has 4 nitrogen and oxygen atoms in total. The minimum atomic E-state index is -0.899. The molecule has 0 radical (unpaired) electrons. The zero-order valence-electron chi connectivity index (χ0n) is 12.4. The van der Waals surface area contributed by atoms with Crippen molar-refractivity contribution < 1.29 is 9.59 Å². The van der Waals surface area contributed by atoms with E-state index in [1.165, 1.54) is 5.54 Å². The molecule has 0 saturated carbocycles. The maximum Gasteiger partial charge on any atom is 0.250 e. The Morgan fingerprint density at radius 2 is 1.95 bits per heavy atom. The molecular formula is C16H19ClN2O2. The first kappa shape index (κ1) is 15.6. The summed E-state index contributed by atoms with van der Waals surface area (Å²) in [6.07, 6.45) is 0. The summed E-state index contributed by atoms with van der Waals surface area (Å²) in [7, 11) is 0. The lowest BCUT2D eigenvalue weighted by Gasteiger charge is -2.44. The Hall–Kier alpha value is -1.81. The highest BCUT2D eigenvalue weighted by atomic mass is 35.5. The van der Waals surface area contributed by atoms with E-state index in [1.54, 1.807) is 18.7 Å². The number of nitrogens with zero attached hydrogens (tertiary/aromatic N) is 1. The first-order valence-corrected chi connectivity index (χ1v) is 7.25. The average Bonchev–Trinajstić information content (AvgIpc) is 2.48. The van der Waals surface area contributed by atoms with Crippen molar-refractivity contribution in [3.8, 4) is 0 Å². The van der Waals surface area contributed by atoms with E-state index in [4.69, 9.17) is 11.6 Å². The van der Waals surface area contributed by atoms with Gasteiger partial charge in [-0.3, -0.25) is 9.59 Å². The van der Waals surface area contributed by atoms with Crippen molar-refractivity contribution in [2.45, 2.75) is 32.4 Å². The van der Waals surface area contributed by atoms with Crippen molar-refractivity contribution in [3.05, 3.63) is 47.0 Å². The molecule has 1 unspecified atom stereocenters. The molecular weight excluding hydrogens is 288 g/mol. The summed E-state index contributed by atoms with van der Waals surface area (Å²) in [5.41, 5.74) is 2.15. The van der Waals surface area contributed by atoms with Crippen LogP contribution in [0.15, 0.2) is 41.4 Å². The molecule has 2 amide bonds. The molecule has 1 aliphatic heterocycles. The molecule has 1 atom stereocenters. The van der Waals surface area contributed by atoms with Crippen LogP contribution in [0.1, 0.15) is 32.4 Å². The largest absolute Gasteiger partial charge is 0.338 e. The van der Waals surface area contributed by atoms with Crippen molar-refractivity contribution >= 4 is 23.4 Å². The summed E-state index contributed by atoms with van der Waals surface area (Å²) in [5.74, 6) is -0.290. The van der Waals surface area contributed by atoms with Gasteiger partial charge in [-0.25, -0.2) is 0 Å². The fourth-order valence-corrected chi connectivity index (χ4v) is 2.42. The van der Waals surface area contributed by atoms with Crippen LogP contribution >= 0.6 is 11.6 Å². The molecule has 1 N–H and O–H groups in total. The molecule has 5 heteroatoms. The summed E-state index contributed by atoms with van der Waals surface area (Å²) in [6, 6.07) is 8.61. The molecule has 112 valence electrons. The van der Waals surface area contributed by atoms with Crippen molar-refractivity contribution in [1.82, 2.24) is 10.2 Å². The number of piperazine rings is 1. The molecule has 1 saturated heterocycles. The first-order chi connectivity index (χ1) is 9.87. The lowest BCUT2D eigenvalue weighted by atomic mass is 9.92. The smallest absolute Gasteiger partial charge is 0.250 e. The predicted molar refractivity (Wildman–Crippen MR) is 82.7 cm³/mol. The molecule has 0 bridgehead atoms. The molecule has 1 heterocycles. The maximum absolute atomic E-state index is 12.8. The van der Waals surface area contributed by atoms with Gasteiger partial charge in [0.25, 0.3) is 5.91 Å². The van der Waals surface area contributed by atoms with Gasteiger partial charge in [0.1, 0.15) is 11.6 Å². The third kappa shape index (κ3) is 2.95. The highest BCUT2D eigenvalue weighted by molar-refractivity contribution is 6.25. The number of halogens is 1. The van der Waals surface area contributed by atoms with Crippen LogP contribution in [0.2, 0.25) is 0 Å². The second kappa shape index (κ2) is 5.90. The predicted octanol–water partition coefficient (Wildman–Crippen LogP) is 2.61. The van der Waals surface area contributed by atoms with E-state index in [-0.39, 0.29) is 11.8 Å². The normalized spacial score (nSPS) is 22.2. The number of nitrogens with one attached hydrogen (secondary N) is 1. The van der Waals surface area contributed by atoms with Crippen LogP contribution in [0.4, 0.5) is 0 Å². The highest BCUT2D eigenvalue weighted by Gasteiger charge is 2.46. The van der Waals surface area contributed by atoms with Gasteiger partial charge in [0.2, 0.25) is 5.91 Å². The summed E-state index contributed by atoms with van der Waals surface area (Å²) < 4.78 is 0. The van der Waals surface area contributed by atoms with Crippen molar-refractivity contribution in [2.24, 2.45) is 0 Å². The van der Waals surface area contributed by atoms with Crippen LogP contribution in [0, 0.1) is 0 Å². The van der Waals surface area contributed by atoms with Crippen LogP contribution in [0.25, 0.3) is 0 Å². The van der Waals surface area contributed by atoms with E-state index in [9.17, 15) is 9.59 Å². The van der Waals surface area contributed by atoms with E-state index < -0.39 is 11.6 Å². The van der Waals surface area contributed by atoms with Gasteiger partial charge in [-0.15, -0.1) is 0 Å². The second-order valence-electron chi connectivity index (χ2n) is 5.76. The fourth-order valence-electron chi connectivity index (χ4n) is 2.35. The summed E-state index contributed by atoms with van der Waals surface area (Å²) in [4.78, 5) is 26.7. The van der Waals surface area contributed by atoms with E-state index >= 15 is 0 Å². The van der Waals surface area contributed by atoms with Gasteiger partial charge in [-0.05, 0) is 31.9 Å². The van der Waals surface area contributed by atoms with Crippen molar-refractivity contribution in [3.63, 3.8) is 0 Å². The Morgan fingerprint density at radius 1 is 1.33 bits per heavy atom. The number of hydrogen-bond donors (Lipinski definition) is 1. The lowest BCUT2D eigenvalue weighted by Crippen LogP contribution is -2.65. The molecule has 1 aliphatic rings. The minimum absolute atomic E-state index is 0.122. The number of amides is 2. The average molecular weight is 307 g/mol. The number of benzene rings is 1. The van der Waals surface area contributed by atoms with E-state index in [1.807, 2.05) is 37.3 Å². The zero-order valence-corrected chi connectivity index (χ0v) is 13.1. The number of carbonyl (C=O) groups is 2. The van der Waals surface area contributed by atoms with Crippen LogP contribution in [-0.2, 0) is 9.59 Å². The molecule has 21 heavy (non-hydrogen) atoms. The molecule has 1 aromatic carbocycles. The zero-order chi connectivity index (χ0) is 15.6. The topological polar surface area (TPSA) is 49.4 Å². The molecule has 0 aromatic heterocycles. The standard InChI is InChI=1S/C16H19ClN2O2/c1-11(9-17)10-19-14(20)13(12-7-5-4-6-8-12)18-15(21)16(19,2)3/h4-9,13H,10H2,1-3H3,(H,18,21)/b11-9-. The van der Waals surface area contributed by atoms with Gasteiger partial charge in [0.05, 0.1) is 0 Å². The second-order valence-corrected chi connectivity index (χ2v) is 5.97. The van der Waals surface area contributed by atoms with Gasteiger partial charge >= 0.3 is 0 Å². The Balaban J connectivity index is 2.37. The van der Waals surface area contributed by atoms with Crippen LogP contribution in [0.5, 0.6) is 0 Å². The maximum atomic E-state index is 12.8. The Morgan fingerprint density at radius 3 is 2.52 bits per heavy atom. The molecule has 1 fully saturated rings. The highest BCUT2D eigenvalue weighted by Crippen LogP contribution is 2.28. The third-order valence-corrected chi connectivity index (χ3v) is 4.12. The summed E-state index contributed by atoms with van der Waals surface area (Å²) in [6.45, 7) is 5.65. The molecule has 0 aliphatic carbocycles. The summed E-state index contributed by atoms with van der Waals surface area (Å²) >= 11 is 5.70.